The molecule has 0 radical (unpaired) electrons. The van der Waals surface area contributed by atoms with Gasteiger partial charge in [0.05, 0.1) is 18.7 Å². The van der Waals surface area contributed by atoms with Gasteiger partial charge in [-0.2, -0.15) is 0 Å². The van der Waals surface area contributed by atoms with Gasteiger partial charge in [-0.15, -0.1) is 0 Å². The first kappa shape index (κ1) is 10.9. The lowest BCUT2D eigenvalue weighted by molar-refractivity contribution is -0.143. The first-order chi connectivity index (χ1) is 6.66. The Morgan fingerprint density at radius 1 is 1.71 bits per heavy atom. The molecule has 0 aromatic rings. The highest BCUT2D eigenvalue weighted by Crippen LogP contribution is 2.14. The number of esters is 1. The number of nitrogens with zero attached hydrogens (tertiary/aromatic N) is 1. The number of ether oxygens (including phenoxy) is 1. The maximum atomic E-state index is 11.1. The second-order valence-electron chi connectivity index (χ2n) is 3.39. The van der Waals surface area contributed by atoms with E-state index in [0.717, 1.165) is 0 Å². The third-order valence-electron chi connectivity index (χ3n) is 2.11. The van der Waals surface area contributed by atoms with Gasteiger partial charge >= 0.3 is 5.97 Å². The number of carbonyl (C=O) groups excluding carboxylic acids is 1. The van der Waals surface area contributed by atoms with Crippen molar-refractivity contribution in [3.05, 3.63) is 12.2 Å². The Morgan fingerprint density at radius 2 is 2.50 bits per heavy atom. The van der Waals surface area contributed by atoms with Gasteiger partial charge in [0, 0.05) is 12.6 Å². The minimum Gasteiger partial charge on any atom is -0.466 e. The average molecular weight is 196 g/mol. The lowest BCUT2D eigenvalue weighted by atomic mass is 9.93. The summed E-state index contributed by atoms with van der Waals surface area (Å²) in [7, 11) is 0. The predicted octanol–water partition coefficient (Wildman–Crippen LogP) is 0.668. The van der Waals surface area contributed by atoms with Crippen LogP contribution in [-0.2, 0) is 9.53 Å². The van der Waals surface area contributed by atoms with Crippen molar-refractivity contribution in [2.24, 2.45) is 10.7 Å². The van der Waals surface area contributed by atoms with Crippen molar-refractivity contribution < 1.29 is 9.53 Å². The first-order valence-corrected chi connectivity index (χ1v) is 4.78. The summed E-state index contributed by atoms with van der Waals surface area (Å²) in [4.78, 5) is 15.2. The van der Waals surface area contributed by atoms with E-state index < -0.39 is 5.54 Å². The van der Waals surface area contributed by atoms with Crippen LogP contribution >= 0.6 is 0 Å². The standard InChI is InChI=1S/C10H16N2O2/c1-2-14-9(13)4-6-10(11)5-3-7-12-8-10/h3,5,7H,2,4,6,8,11H2,1H3. The second kappa shape index (κ2) is 4.91. The van der Waals surface area contributed by atoms with Crippen molar-refractivity contribution in [3.8, 4) is 0 Å². The zero-order valence-corrected chi connectivity index (χ0v) is 8.40. The summed E-state index contributed by atoms with van der Waals surface area (Å²) < 4.78 is 4.82. The van der Waals surface area contributed by atoms with Crippen LogP contribution in [0.25, 0.3) is 0 Å². The van der Waals surface area contributed by atoms with Gasteiger partial charge in [0.15, 0.2) is 0 Å². The molecule has 4 nitrogen and oxygen atoms in total. The van der Waals surface area contributed by atoms with E-state index in [0.29, 0.717) is 26.0 Å². The first-order valence-electron chi connectivity index (χ1n) is 4.78. The Morgan fingerprint density at radius 3 is 3.07 bits per heavy atom. The molecule has 1 unspecified atom stereocenters. The van der Waals surface area contributed by atoms with E-state index >= 15 is 0 Å². The normalized spacial score (nSPS) is 25.0. The van der Waals surface area contributed by atoms with E-state index in [1.54, 1.807) is 13.1 Å². The molecule has 1 aliphatic rings. The number of dihydropyridines is 1. The van der Waals surface area contributed by atoms with E-state index in [1.807, 2.05) is 12.2 Å². The number of allylic oxidation sites excluding steroid dienone is 1. The molecule has 1 aliphatic heterocycles. The Labute approximate surface area is 83.8 Å². The molecule has 4 heteroatoms. The molecule has 0 saturated carbocycles. The summed E-state index contributed by atoms with van der Waals surface area (Å²) in [5, 5.41) is 0. The lowest BCUT2D eigenvalue weighted by Gasteiger charge is -2.24. The van der Waals surface area contributed by atoms with Crippen molar-refractivity contribution in [3.63, 3.8) is 0 Å². The predicted molar refractivity (Wildman–Crippen MR) is 55.3 cm³/mol. The maximum Gasteiger partial charge on any atom is 0.305 e. The van der Waals surface area contributed by atoms with Gasteiger partial charge < -0.3 is 10.5 Å². The van der Waals surface area contributed by atoms with Gasteiger partial charge in [-0.25, -0.2) is 0 Å². The zero-order valence-electron chi connectivity index (χ0n) is 8.40. The lowest BCUT2D eigenvalue weighted by Crippen LogP contribution is -2.42. The Hall–Kier alpha value is -1.16. The number of rotatable bonds is 4. The highest BCUT2D eigenvalue weighted by molar-refractivity contribution is 5.73. The van der Waals surface area contributed by atoms with Gasteiger partial charge in [-0.1, -0.05) is 6.08 Å². The third kappa shape index (κ3) is 3.30. The number of hydrogen-bond acceptors (Lipinski definition) is 4. The summed E-state index contributed by atoms with van der Waals surface area (Å²) in [5.74, 6) is -0.194. The fraction of sp³-hybridized carbons (Fsp3) is 0.600. The minimum atomic E-state index is -0.471. The molecule has 14 heavy (non-hydrogen) atoms. The van der Waals surface area contributed by atoms with Crippen molar-refractivity contribution >= 4 is 12.2 Å². The number of carbonyl (C=O) groups is 1. The molecule has 1 rings (SSSR count). The van der Waals surface area contributed by atoms with Crippen LogP contribution in [0.3, 0.4) is 0 Å². The summed E-state index contributed by atoms with van der Waals surface area (Å²) in [5.41, 5.74) is 5.52. The summed E-state index contributed by atoms with van der Waals surface area (Å²) >= 11 is 0. The summed E-state index contributed by atoms with van der Waals surface area (Å²) in [6.45, 7) is 2.76. The van der Waals surface area contributed by atoms with E-state index in [-0.39, 0.29) is 5.97 Å². The molecule has 0 aromatic heterocycles. The molecule has 0 aliphatic carbocycles. The molecule has 0 saturated heterocycles. The largest absolute Gasteiger partial charge is 0.466 e. The zero-order chi connectivity index (χ0) is 10.4. The smallest absolute Gasteiger partial charge is 0.305 e. The Kier molecular flexibility index (Phi) is 3.83. The van der Waals surface area contributed by atoms with Crippen LogP contribution in [0.1, 0.15) is 19.8 Å². The van der Waals surface area contributed by atoms with Crippen LogP contribution in [0.2, 0.25) is 0 Å². The van der Waals surface area contributed by atoms with Crippen LogP contribution < -0.4 is 5.73 Å². The van der Waals surface area contributed by atoms with Crippen LogP contribution in [0, 0.1) is 0 Å². The highest BCUT2D eigenvalue weighted by atomic mass is 16.5. The van der Waals surface area contributed by atoms with E-state index in [1.165, 1.54) is 0 Å². The Balaban J connectivity index is 2.33. The minimum absolute atomic E-state index is 0.194. The van der Waals surface area contributed by atoms with Gasteiger partial charge in [0.25, 0.3) is 0 Å². The average Bonchev–Trinajstić information content (AvgIpc) is 2.17. The summed E-state index contributed by atoms with van der Waals surface area (Å²) in [6, 6.07) is 0. The molecule has 78 valence electrons. The Bertz CT molecular complexity index is 261. The van der Waals surface area contributed by atoms with Crippen molar-refractivity contribution in [1.29, 1.82) is 0 Å². The van der Waals surface area contributed by atoms with Crippen molar-refractivity contribution in [1.82, 2.24) is 0 Å². The molecule has 1 heterocycles. The number of aliphatic imine (C=N–C) groups is 1. The molecule has 2 N–H and O–H groups in total. The number of hydrogen-bond donors (Lipinski definition) is 1. The van der Waals surface area contributed by atoms with E-state index in [2.05, 4.69) is 4.99 Å². The fourth-order valence-electron chi connectivity index (χ4n) is 1.30. The van der Waals surface area contributed by atoms with Crippen LogP contribution in [-0.4, -0.2) is 30.9 Å². The monoisotopic (exact) mass is 196 g/mol. The molecule has 0 amide bonds. The molecular weight excluding hydrogens is 180 g/mol. The molecule has 0 aromatic carbocycles. The molecule has 0 fully saturated rings. The van der Waals surface area contributed by atoms with Gasteiger partial charge in [0.2, 0.25) is 0 Å². The van der Waals surface area contributed by atoms with Crippen molar-refractivity contribution in [2.45, 2.75) is 25.3 Å². The van der Waals surface area contributed by atoms with Gasteiger partial charge in [-0.3, -0.25) is 9.79 Å². The third-order valence-corrected chi connectivity index (χ3v) is 2.11. The van der Waals surface area contributed by atoms with Crippen LogP contribution in [0.4, 0.5) is 0 Å². The quantitative estimate of drug-likeness (QED) is 0.672. The maximum absolute atomic E-state index is 11.1. The number of nitrogens with two attached hydrogens (primary N) is 1. The van der Waals surface area contributed by atoms with Crippen LogP contribution in [0.15, 0.2) is 17.1 Å². The second-order valence-corrected chi connectivity index (χ2v) is 3.39. The molecule has 0 spiro atoms. The van der Waals surface area contributed by atoms with E-state index in [4.69, 9.17) is 10.5 Å². The SMILES string of the molecule is CCOC(=O)CCC1(N)C=CC=NC1. The summed E-state index contributed by atoms with van der Waals surface area (Å²) in [6.07, 6.45) is 6.35. The van der Waals surface area contributed by atoms with Crippen LogP contribution in [0.5, 0.6) is 0 Å². The van der Waals surface area contributed by atoms with E-state index in [9.17, 15) is 4.79 Å². The topological polar surface area (TPSA) is 64.7 Å². The van der Waals surface area contributed by atoms with Crippen molar-refractivity contribution in [2.75, 3.05) is 13.2 Å². The molecular formula is C10H16N2O2. The van der Waals surface area contributed by atoms with Gasteiger partial charge in [0.1, 0.15) is 0 Å². The highest BCUT2D eigenvalue weighted by Gasteiger charge is 2.23. The molecule has 1 atom stereocenters. The van der Waals surface area contributed by atoms with Gasteiger partial charge in [-0.05, 0) is 19.4 Å². The fourth-order valence-corrected chi connectivity index (χ4v) is 1.30. The molecule has 0 bridgehead atoms.